The maximum absolute atomic E-state index is 12.6. The first-order chi connectivity index (χ1) is 15.6. The molecule has 0 saturated heterocycles. The predicted molar refractivity (Wildman–Crippen MR) is 127 cm³/mol. The maximum Gasteiger partial charge on any atom is 0.244 e. The summed E-state index contributed by atoms with van der Waals surface area (Å²) in [5.41, 5.74) is 6.47. The topological polar surface area (TPSA) is 64.4 Å². The van der Waals surface area contributed by atoms with E-state index < -0.39 is 0 Å². The fraction of sp³-hybridized carbons (Fsp3) is 0.185. The fourth-order valence-corrected chi connectivity index (χ4v) is 3.80. The third kappa shape index (κ3) is 4.42. The number of pyridine rings is 1. The minimum absolute atomic E-state index is 0.165. The van der Waals surface area contributed by atoms with E-state index >= 15 is 0 Å². The predicted octanol–water partition coefficient (Wildman–Crippen LogP) is 5.92. The van der Waals surface area contributed by atoms with Gasteiger partial charge in [0.25, 0.3) is 0 Å². The molecule has 2 aromatic heterocycles. The van der Waals surface area contributed by atoms with Crippen molar-refractivity contribution >= 4 is 22.4 Å². The molecule has 0 aliphatic heterocycles. The SMILES string of the molecule is CCOc1c(/C(C)=C/C(=O)NCc2cccnc2)cc2c(-c3ccccc3)coc2c1C. The lowest BCUT2D eigenvalue weighted by Crippen LogP contribution is -2.20. The van der Waals surface area contributed by atoms with Crippen LogP contribution in [-0.4, -0.2) is 17.5 Å². The minimum atomic E-state index is -0.165. The monoisotopic (exact) mass is 426 g/mol. The van der Waals surface area contributed by atoms with Gasteiger partial charge in [-0.3, -0.25) is 9.78 Å². The van der Waals surface area contributed by atoms with E-state index in [1.807, 2.05) is 51.1 Å². The first-order valence-corrected chi connectivity index (χ1v) is 10.7. The van der Waals surface area contributed by atoms with Crippen molar-refractivity contribution in [2.75, 3.05) is 6.61 Å². The summed E-state index contributed by atoms with van der Waals surface area (Å²) in [4.78, 5) is 16.7. The number of amides is 1. The smallest absolute Gasteiger partial charge is 0.244 e. The van der Waals surface area contributed by atoms with Crippen LogP contribution in [0, 0.1) is 6.92 Å². The molecule has 0 fully saturated rings. The number of carbonyl (C=O) groups is 1. The van der Waals surface area contributed by atoms with Crippen LogP contribution in [0.1, 0.15) is 30.5 Å². The van der Waals surface area contributed by atoms with Crippen molar-refractivity contribution in [3.63, 3.8) is 0 Å². The standard InChI is InChI=1S/C27H26N2O3/c1-4-31-26-19(3)27-23(24(17-32-27)21-10-6-5-7-11-21)14-22(26)18(2)13-25(30)29-16-20-9-8-12-28-15-20/h5-15,17H,4,16H2,1-3H3,(H,29,30)/b18-13+. The van der Waals surface area contributed by atoms with Crippen molar-refractivity contribution < 1.29 is 13.9 Å². The van der Waals surface area contributed by atoms with Crippen LogP contribution in [-0.2, 0) is 11.3 Å². The summed E-state index contributed by atoms with van der Waals surface area (Å²) in [5.74, 6) is 0.574. The Hall–Kier alpha value is -3.86. The Morgan fingerprint density at radius 1 is 1.19 bits per heavy atom. The Bertz CT molecular complexity index is 1260. The number of rotatable bonds is 7. The molecule has 0 unspecified atom stereocenters. The summed E-state index contributed by atoms with van der Waals surface area (Å²) < 4.78 is 11.9. The first kappa shape index (κ1) is 21.4. The van der Waals surface area contributed by atoms with Crippen molar-refractivity contribution in [2.45, 2.75) is 27.3 Å². The third-order valence-electron chi connectivity index (χ3n) is 5.38. The molecule has 0 aliphatic rings. The number of fused-ring (bicyclic) bond motifs is 1. The number of aryl methyl sites for hydroxylation is 1. The molecular formula is C27H26N2O3. The van der Waals surface area contributed by atoms with Gasteiger partial charge in [0.15, 0.2) is 0 Å². The maximum atomic E-state index is 12.6. The highest BCUT2D eigenvalue weighted by atomic mass is 16.5. The van der Waals surface area contributed by atoms with Gasteiger partial charge in [0.2, 0.25) is 5.91 Å². The highest BCUT2D eigenvalue weighted by Gasteiger charge is 2.19. The van der Waals surface area contributed by atoms with Gasteiger partial charge in [0.1, 0.15) is 11.3 Å². The van der Waals surface area contributed by atoms with Crippen molar-refractivity contribution in [3.05, 3.63) is 90.0 Å². The Balaban J connectivity index is 1.71. The van der Waals surface area contributed by atoms with E-state index in [1.165, 1.54) is 0 Å². The summed E-state index contributed by atoms with van der Waals surface area (Å²) in [5, 5.41) is 3.92. The molecule has 4 rings (SSSR count). The van der Waals surface area contributed by atoms with Gasteiger partial charge < -0.3 is 14.5 Å². The Labute approximate surface area is 187 Å². The van der Waals surface area contributed by atoms with E-state index in [-0.39, 0.29) is 5.91 Å². The van der Waals surface area contributed by atoms with Gasteiger partial charge in [-0.15, -0.1) is 0 Å². The van der Waals surface area contributed by atoms with Crippen molar-refractivity contribution in [1.29, 1.82) is 0 Å². The summed E-state index contributed by atoms with van der Waals surface area (Å²) in [6, 6.07) is 16.0. The van der Waals surface area contributed by atoms with Gasteiger partial charge in [-0.2, -0.15) is 0 Å². The van der Waals surface area contributed by atoms with Gasteiger partial charge in [-0.1, -0.05) is 36.4 Å². The zero-order valence-corrected chi connectivity index (χ0v) is 18.5. The molecule has 1 amide bonds. The molecule has 2 aromatic carbocycles. The van der Waals surface area contributed by atoms with E-state index in [2.05, 4.69) is 28.5 Å². The zero-order chi connectivity index (χ0) is 22.5. The molecule has 4 aromatic rings. The Morgan fingerprint density at radius 3 is 2.72 bits per heavy atom. The van der Waals surface area contributed by atoms with Crippen molar-refractivity contribution in [1.82, 2.24) is 10.3 Å². The van der Waals surface area contributed by atoms with Gasteiger partial charge in [0, 0.05) is 47.1 Å². The number of benzene rings is 2. The molecule has 0 radical (unpaired) electrons. The van der Waals surface area contributed by atoms with E-state index in [1.54, 1.807) is 24.7 Å². The normalized spacial score (nSPS) is 11.5. The average molecular weight is 427 g/mol. The molecule has 0 saturated carbocycles. The van der Waals surface area contributed by atoms with Crippen LogP contribution in [0.3, 0.4) is 0 Å². The fourth-order valence-electron chi connectivity index (χ4n) is 3.80. The second-order valence-corrected chi connectivity index (χ2v) is 7.61. The van der Waals surface area contributed by atoms with E-state index in [9.17, 15) is 4.79 Å². The molecule has 0 atom stereocenters. The van der Waals surface area contributed by atoms with Gasteiger partial charge in [-0.25, -0.2) is 0 Å². The molecule has 0 bridgehead atoms. The van der Waals surface area contributed by atoms with Crippen LogP contribution in [0.5, 0.6) is 5.75 Å². The number of hydrogen-bond donors (Lipinski definition) is 1. The molecular weight excluding hydrogens is 400 g/mol. The molecule has 2 heterocycles. The van der Waals surface area contributed by atoms with Crippen LogP contribution in [0.4, 0.5) is 0 Å². The largest absolute Gasteiger partial charge is 0.493 e. The molecule has 162 valence electrons. The summed E-state index contributed by atoms with van der Waals surface area (Å²) in [7, 11) is 0. The summed E-state index contributed by atoms with van der Waals surface area (Å²) in [6.45, 7) is 6.81. The van der Waals surface area contributed by atoms with E-state index in [0.717, 1.165) is 50.1 Å². The van der Waals surface area contributed by atoms with Gasteiger partial charge >= 0.3 is 0 Å². The Kier molecular flexibility index (Phi) is 6.36. The van der Waals surface area contributed by atoms with Crippen molar-refractivity contribution in [3.8, 4) is 16.9 Å². The van der Waals surface area contributed by atoms with Crippen LogP contribution >= 0.6 is 0 Å². The number of furan rings is 1. The Morgan fingerprint density at radius 2 is 2.00 bits per heavy atom. The number of hydrogen-bond acceptors (Lipinski definition) is 4. The quantitative estimate of drug-likeness (QED) is 0.373. The third-order valence-corrected chi connectivity index (χ3v) is 5.38. The molecule has 0 aliphatic carbocycles. The molecule has 32 heavy (non-hydrogen) atoms. The lowest BCUT2D eigenvalue weighted by Gasteiger charge is -2.15. The van der Waals surface area contributed by atoms with Gasteiger partial charge in [0.05, 0.1) is 12.9 Å². The second-order valence-electron chi connectivity index (χ2n) is 7.61. The van der Waals surface area contributed by atoms with Crippen LogP contribution in [0.15, 0.2) is 77.7 Å². The number of nitrogens with one attached hydrogen (secondary N) is 1. The molecule has 5 heteroatoms. The second kappa shape index (κ2) is 9.52. The van der Waals surface area contributed by atoms with Crippen LogP contribution in [0.25, 0.3) is 27.7 Å². The first-order valence-electron chi connectivity index (χ1n) is 10.7. The molecule has 1 N–H and O–H groups in total. The van der Waals surface area contributed by atoms with Crippen LogP contribution in [0.2, 0.25) is 0 Å². The van der Waals surface area contributed by atoms with Crippen LogP contribution < -0.4 is 10.1 Å². The van der Waals surface area contributed by atoms with E-state index in [4.69, 9.17) is 9.15 Å². The molecule has 0 spiro atoms. The number of aromatic nitrogens is 1. The highest BCUT2D eigenvalue weighted by Crippen LogP contribution is 2.40. The number of allylic oxidation sites excluding steroid dienone is 1. The van der Waals surface area contributed by atoms with Crippen molar-refractivity contribution in [2.24, 2.45) is 0 Å². The lowest BCUT2D eigenvalue weighted by molar-refractivity contribution is -0.116. The zero-order valence-electron chi connectivity index (χ0n) is 18.5. The van der Waals surface area contributed by atoms with Gasteiger partial charge in [-0.05, 0) is 49.6 Å². The number of ether oxygens (including phenoxy) is 1. The minimum Gasteiger partial charge on any atom is -0.493 e. The average Bonchev–Trinajstić information content (AvgIpc) is 3.25. The van der Waals surface area contributed by atoms with E-state index in [0.29, 0.717) is 13.2 Å². The lowest BCUT2D eigenvalue weighted by atomic mass is 9.96. The number of nitrogens with zero attached hydrogens (tertiary/aromatic N) is 1. The number of carbonyl (C=O) groups excluding carboxylic acids is 1. The summed E-state index contributed by atoms with van der Waals surface area (Å²) in [6.07, 6.45) is 6.85. The molecule has 5 nitrogen and oxygen atoms in total. The highest BCUT2D eigenvalue weighted by molar-refractivity contribution is 6.01. The summed E-state index contributed by atoms with van der Waals surface area (Å²) >= 11 is 0.